The lowest BCUT2D eigenvalue weighted by atomic mass is 9.88. The van der Waals surface area contributed by atoms with E-state index in [9.17, 15) is 9.50 Å². The molecule has 1 atom stereocenters. The van der Waals surface area contributed by atoms with Crippen molar-refractivity contribution in [3.63, 3.8) is 0 Å². The monoisotopic (exact) mass is 301 g/mol. The summed E-state index contributed by atoms with van der Waals surface area (Å²) in [5.74, 6) is -0.391. The van der Waals surface area contributed by atoms with E-state index < -0.39 is 11.4 Å². The third kappa shape index (κ3) is 2.69. The first-order chi connectivity index (χ1) is 10.1. The largest absolute Gasteiger partial charge is 0.383 e. The molecule has 0 aliphatic carbocycles. The standard InChI is InChI=1S/C17H16FNOS/c1-2-17(20,16-8-7-13(18)10-19-16)9-12-11-21-15-6-4-3-5-14(12)15/h3-8,10-11,20H,2,9H2,1H3. The van der Waals surface area contributed by atoms with E-state index >= 15 is 0 Å². The van der Waals surface area contributed by atoms with Gasteiger partial charge in [0.1, 0.15) is 11.4 Å². The van der Waals surface area contributed by atoms with Crippen molar-refractivity contribution in [1.29, 1.82) is 0 Å². The number of benzene rings is 1. The van der Waals surface area contributed by atoms with E-state index in [1.165, 1.54) is 10.8 Å². The number of fused-ring (bicyclic) bond motifs is 1. The Kier molecular flexibility index (Phi) is 3.74. The van der Waals surface area contributed by atoms with Gasteiger partial charge in [0.25, 0.3) is 0 Å². The van der Waals surface area contributed by atoms with Gasteiger partial charge in [-0.15, -0.1) is 11.3 Å². The lowest BCUT2D eigenvalue weighted by molar-refractivity contribution is 0.0286. The number of rotatable bonds is 4. The Morgan fingerprint density at radius 3 is 2.76 bits per heavy atom. The minimum atomic E-state index is -1.07. The molecule has 1 N–H and O–H groups in total. The molecule has 0 saturated carbocycles. The molecule has 0 aliphatic heterocycles. The van der Waals surface area contributed by atoms with Crippen molar-refractivity contribution in [3.05, 3.63) is 65.0 Å². The summed E-state index contributed by atoms with van der Waals surface area (Å²) in [5.41, 5.74) is 0.546. The third-order valence-corrected chi connectivity index (χ3v) is 4.85. The molecule has 0 fully saturated rings. The van der Waals surface area contributed by atoms with Crippen LogP contribution in [-0.2, 0) is 12.0 Å². The van der Waals surface area contributed by atoms with Crippen molar-refractivity contribution < 1.29 is 9.50 Å². The van der Waals surface area contributed by atoms with Gasteiger partial charge in [0, 0.05) is 11.1 Å². The Bertz CT molecular complexity index is 753. The van der Waals surface area contributed by atoms with E-state index in [2.05, 4.69) is 22.5 Å². The van der Waals surface area contributed by atoms with Crippen LogP contribution in [0.25, 0.3) is 10.1 Å². The molecule has 2 aromatic heterocycles. The van der Waals surface area contributed by atoms with E-state index in [-0.39, 0.29) is 0 Å². The fourth-order valence-electron chi connectivity index (χ4n) is 2.53. The molecule has 0 saturated heterocycles. The van der Waals surface area contributed by atoms with Crippen LogP contribution in [0, 0.1) is 5.82 Å². The van der Waals surface area contributed by atoms with Gasteiger partial charge >= 0.3 is 0 Å². The molecule has 3 aromatic rings. The number of aliphatic hydroxyl groups is 1. The zero-order valence-corrected chi connectivity index (χ0v) is 12.5. The fraction of sp³-hybridized carbons (Fsp3) is 0.235. The molecule has 0 bridgehead atoms. The van der Waals surface area contributed by atoms with Crippen molar-refractivity contribution in [2.75, 3.05) is 0 Å². The van der Waals surface area contributed by atoms with E-state index in [0.29, 0.717) is 18.5 Å². The summed E-state index contributed by atoms with van der Waals surface area (Å²) in [4.78, 5) is 4.06. The molecule has 0 amide bonds. The van der Waals surface area contributed by atoms with Gasteiger partial charge < -0.3 is 5.11 Å². The van der Waals surface area contributed by atoms with Gasteiger partial charge in [0.05, 0.1) is 11.9 Å². The van der Waals surface area contributed by atoms with Crippen LogP contribution in [0.15, 0.2) is 48.0 Å². The highest BCUT2D eigenvalue weighted by atomic mass is 32.1. The van der Waals surface area contributed by atoms with Gasteiger partial charge in [-0.25, -0.2) is 4.39 Å². The zero-order valence-electron chi connectivity index (χ0n) is 11.7. The lowest BCUT2D eigenvalue weighted by Gasteiger charge is -2.26. The number of nitrogens with zero attached hydrogens (tertiary/aromatic N) is 1. The summed E-state index contributed by atoms with van der Waals surface area (Å²) < 4.78 is 14.2. The number of hydrogen-bond acceptors (Lipinski definition) is 3. The highest BCUT2D eigenvalue weighted by Crippen LogP contribution is 2.33. The van der Waals surface area contributed by atoms with Crippen LogP contribution >= 0.6 is 11.3 Å². The fourth-order valence-corrected chi connectivity index (χ4v) is 3.50. The molecular weight excluding hydrogens is 285 g/mol. The first-order valence-corrected chi connectivity index (χ1v) is 7.80. The Balaban J connectivity index is 1.98. The predicted molar refractivity (Wildman–Crippen MR) is 83.9 cm³/mol. The van der Waals surface area contributed by atoms with Crippen LogP contribution in [0.4, 0.5) is 4.39 Å². The number of hydrogen-bond donors (Lipinski definition) is 1. The minimum absolute atomic E-state index is 0.391. The third-order valence-electron chi connectivity index (χ3n) is 3.83. The molecule has 0 radical (unpaired) electrons. The second kappa shape index (κ2) is 5.54. The molecule has 2 nitrogen and oxygen atoms in total. The smallest absolute Gasteiger partial charge is 0.141 e. The van der Waals surface area contributed by atoms with Crippen LogP contribution in [0.3, 0.4) is 0 Å². The van der Waals surface area contributed by atoms with Crippen molar-refractivity contribution >= 4 is 21.4 Å². The maximum atomic E-state index is 13.0. The number of halogens is 1. The average Bonchev–Trinajstić information content (AvgIpc) is 2.91. The molecule has 108 valence electrons. The molecule has 3 rings (SSSR count). The summed E-state index contributed by atoms with van der Waals surface area (Å²) >= 11 is 1.67. The van der Waals surface area contributed by atoms with E-state index in [0.717, 1.165) is 17.1 Å². The zero-order chi connectivity index (χ0) is 14.9. The van der Waals surface area contributed by atoms with Crippen molar-refractivity contribution in [2.24, 2.45) is 0 Å². The van der Waals surface area contributed by atoms with Crippen LogP contribution in [0.2, 0.25) is 0 Å². The second-order valence-electron chi connectivity index (χ2n) is 5.18. The lowest BCUT2D eigenvalue weighted by Crippen LogP contribution is -2.28. The maximum absolute atomic E-state index is 13.0. The predicted octanol–water partition coefficient (Wildman–Crippen LogP) is 4.28. The first kappa shape index (κ1) is 14.2. The van der Waals surface area contributed by atoms with Gasteiger partial charge in [-0.05, 0) is 40.9 Å². The number of aromatic nitrogens is 1. The average molecular weight is 301 g/mol. The van der Waals surface area contributed by atoms with Crippen molar-refractivity contribution in [1.82, 2.24) is 4.98 Å². The van der Waals surface area contributed by atoms with Crippen LogP contribution in [0.5, 0.6) is 0 Å². The van der Waals surface area contributed by atoms with Crippen molar-refractivity contribution in [3.8, 4) is 0 Å². The summed E-state index contributed by atoms with van der Waals surface area (Å²) in [6.07, 6.45) is 2.16. The molecule has 2 heterocycles. The van der Waals surface area contributed by atoms with Crippen LogP contribution in [-0.4, -0.2) is 10.1 Å². The SMILES string of the molecule is CCC(O)(Cc1csc2ccccc12)c1ccc(F)cn1. The number of thiophene rings is 1. The Hall–Kier alpha value is -1.78. The molecular formula is C17H16FNOS. The first-order valence-electron chi connectivity index (χ1n) is 6.92. The normalized spacial score (nSPS) is 14.2. The molecule has 0 aliphatic rings. The van der Waals surface area contributed by atoms with E-state index in [1.807, 2.05) is 19.1 Å². The second-order valence-corrected chi connectivity index (χ2v) is 6.09. The molecule has 0 spiro atoms. The van der Waals surface area contributed by atoms with Crippen LogP contribution < -0.4 is 0 Å². The van der Waals surface area contributed by atoms with Gasteiger partial charge in [-0.1, -0.05) is 25.1 Å². The van der Waals surface area contributed by atoms with Gasteiger partial charge in [0.15, 0.2) is 0 Å². The van der Waals surface area contributed by atoms with Crippen molar-refractivity contribution in [2.45, 2.75) is 25.4 Å². The van der Waals surface area contributed by atoms with E-state index in [4.69, 9.17) is 0 Å². The van der Waals surface area contributed by atoms with Gasteiger partial charge in [0.2, 0.25) is 0 Å². The quantitative estimate of drug-likeness (QED) is 0.780. The Morgan fingerprint density at radius 2 is 2.05 bits per heavy atom. The Labute approximate surface area is 126 Å². The highest BCUT2D eigenvalue weighted by Gasteiger charge is 2.30. The maximum Gasteiger partial charge on any atom is 0.141 e. The molecule has 21 heavy (non-hydrogen) atoms. The minimum Gasteiger partial charge on any atom is -0.383 e. The van der Waals surface area contributed by atoms with E-state index in [1.54, 1.807) is 17.4 Å². The van der Waals surface area contributed by atoms with Gasteiger partial charge in [-0.2, -0.15) is 0 Å². The van der Waals surface area contributed by atoms with Gasteiger partial charge in [-0.3, -0.25) is 4.98 Å². The summed E-state index contributed by atoms with van der Waals surface area (Å²) in [7, 11) is 0. The molecule has 1 unspecified atom stereocenters. The molecule has 1 aromatic carbocycles. The summed E-state index contributed by atoms with van der Waals surface area (Å²) in [5, 5.41) is 14.2. The summed E-state index contributed by atoms with van der Waals surface area (Å²) in [6.45, 7) is 1.92. The summed E-state index contributed by atoms with van der Waals surface area (Å²) in [6, 6.07) is 11.1. The number of pyridine rings is 1. The highest BCUT2D eigenvalue weighted by molar-refractivity contribution is 7.17. The van der Waals surface area contributed by atoms with Crippen LogP contribution in [0.1, 0.15) is 24.6 Å². The topological polar surface area (TPSA) is 33.1 Å². The Morgan fingerprint density at radius 1 is 1.24 bits per heavy atom. The molecule has 4 heteroatoms.